The van der Waals surface area contributed by atoms with E-state index >= 15 is 0 Å². The molecule has 0 spiro atoms. The molecule has 0 saturated carbocycles. The third-order valence-electron chi connectivity index (χ3n) is 4.04. The van der Waals surface area contributed by atoms with Gasteiger partial charge < -0.3 is 0 Å². The molecule has 0 atom stereocenters. The SMILES string of the molecule is O=C1C(=O)c2ccc3c(c(Br)cc4ccccc43)c2C(Br)=C1Br. The summed E-state index contributed by atoms with van der Waals surface area (Å²) in [7, 11) is 0. The van der Waals surface area contributed by atoms with Gasteiger partial charge in [-0.25, -0.2) is 0 Å². The number of halogens is 3. The summed E-state index contributed by atoms with van der Waals surface area (Å²) >= 11 is 10.3. The molecule has 2 nitrogen and oxygen atoms in total. The largest absolute Gasteiger partial charge is 0.285 e. The molecule has 0 aromatic heterocycles. The van der Waals surface area contributed by atoms with Crippen LogP contribution in [-0.4, -0.2) is 11.6 Å². The summed E-state index contributed by atoms with van der Waals surface area (Å²) in [6.45, 7) is 0. The van der Waals surface area contributed by atoms with Crippen molar-refractivity contribution in [1.82, 2.24) is 0 Å². The molecule has 0 N–H and O–H groups in total. The third kappa shape index (κ3) is 2.10. The van der Waals surface area contributed by atoms with E-state index in [9.17, 15) is 9.59 Å². The van der Waals surface area contributed by atoms with Crippen LogP contribution in [-0.2, 0) is 4.79 Å². The molecule has 0 heterocycles. The smallest absolute Gasteiger partial charge is 0.241 e. The summed E-state index contributed by atoms with van der Waals surface area (Å²) in [4.78, 5) is 24.4. The van der Waals surface area contributed by atoms with Gasteiger partial charge in [0.2, 0.25) is 11.6 Å². The van der Waals surface area contributed by atoms with E-state index in [1.54, 1.807) is 6.07 Å². The lowest BCUT2D eigenvalue weighted by atomic mass is 9.89. The molecule has 112 valence electrons. The number of hydrogen-bond acceptors (Lipinski definition) is 2. The minimum atomic E-state index is -0.527. The van der Waals surface area contributed by atoms with E-state index in [1.165, 1.54) is 0 Å². The molecule has 4 rings (SSSR count). The zero-order valence-corrected chi connectivity index (χ0v) is 16.2. The predicted octanol–water partition coefficient (Wildman–Crippen LogP) is 5.98. The van der Waals surface area contributed by atoms with E-state index in [1.807, 2.05) is 24.3 Å². The number of Topliss-reactive ketones (excluding diaryl/α,β-unsaturated/α-hetero) is 2. The van der Waals surface area contributed by atoms with Crippen molar-refractivity contribution in [2.24, 2.45) is 0 Å². The number of ketones is 2. The van der Waals surface area contributed by atoms with E-state index in [0.29, 0.717) is 10.0 Å². The van der Waals surface area contributed by atoms with Crippen molar-refractivity contribution in [1.29, 1.82) is 0 Å². The average Bonchev–Trinajstić information content (AvgIpc) is 2.57. The molecule has 0 aliphatic heterocycles. The lowest BCUT2D eigenvalue weighted by Gasteiger charge is -2.19. The molecule has 0 fully saturated rings. The fraction of sp³-hybridized carbons (Fsp3) is 0. The standard InChI is InChI=1S/C18H7Br3O2/c19-12-7-8-3-1-2-4-9(8)10-5-6-11-14(13(10)12)15(20)16(21)18(23)17(11)22/h1-7H. The van der Waals surface area contributed by atoms with Gasteiger partial charge in [0.1, 0.15) is 0 Å². The van der Waals surface area contributed by atoms with Crippen LogP contribution < -0.4 is 0 Å². The first kappa shape index (κ1) is 15.2. The van der Waals surface area contributed by atoms with Gasteiger partial charge in [0.05, 0.1) is 4.48 Å². The third-order valence-corrected chi connectivity index (χ3v) is 6.75. The molecule has 0 amide bonds. The van der Waals surface area contributed by atoms with Crippen LogP contribution in [0.25, 0.3) is 26.0 Å². The highest BCUT2D eigenvalue weighted by Gasteiger charge is 2.32. The number of carbonyl (C=O) groups excluding carboxylic acids is 2. The Hall–Kier alpha value is -1.30. The Bertz CT molecular complexity index is 1080. The van der Waals surface area contributed by atoms with Gasteiger partial charge in [0.25, 0.3) is 0 Å². The maximum Gasteiger partial charge on any atom is 0.241 e. The van der Waals surface area contributed by atoms with Crippen molar-refractivity contribution in [3.63, 3.8) is 0 Å². The number of fused-ring (bicyclic) bond motifs is 5. The van der Waals surface area contributed by atoms with Crippen molar-refractivity contribution in [2.45, 2.75) is 0 Å². The average molecular weight is 495 g/mol. The highest BCUT2D eigenvalue weighted by molar-refractivity contribution is 9.16. The first-order chi connectivity index (χ1) is 11.0. The summed E-state index contributed by atoms with van der Waals surface area (Å²) in [5.74, 6) is -1.02. The van der Waals surface area contributed by atoms with E-state index < -0.39 is 11.6 Å². The first-order valence-electron chi connectivity index (χ1n) is 6.79. The summed E-state index contributed by atoms with van der Waals surface area (Å²) < 4.78 is 1.77. The Kier molecular flexibility index (Phi) is 3.55. The Balaban J connectivity index is 2.27. The van der Waals surface area contributed by atoms with Crippen molar-refractivity contribution in [3.05, 3.63) is 62.5 Å². The Morgan fingerprint density at radius 2 is 1.48 bits per heavy atom. The summed E-state index contributed by atoms with van der Waals surface area (Å²) in [6, 6.07) is 13.8. The van der Waals surface area contributed by atoms with Gasteiger partial charge in [-0.1, -0.05) is 46.3 Å². The highest BCUT2D eigenvalue weighted by atomic mass is 79.9. The van der Waals surface area contributed by atoms with Gasteiger partial charge in [-0.05, 0) is 60.2 Å². The van der Waals surface area contributed by atoms with Gasteiger partial charge in [-0.2, -0.15) is 0 Å². The Labute approximate surface area is 156 Å². The van der Waals surface area contributed by atoms with Crippen LogP contribution in [0.2, 0.25) is 0 Å². The predicted molar refractivity (Wildman–Crippen MR) is 103 cm³/mol. The van der Waals surface area contributed by atoms with Crippen LogP contribution in [0, 0.1) is 0 Å². The van der Waals surface area contributed by atoms with Crippen molar-refractivity contribution in [3.8, 4) is 0 Å². The van der Waals surface area contributed by atoms with E-state index in [-0.39, 0.29) is 4.48 Å². The van der Waals surface area contributed by atoms with E-state index in [0.717, 1.165) is 31.6 Å². The quantitative estimate of drug-likeness (QED) is 0.284. The molecule has 3 aromatic carbocycles. The van der Waals surface area contributed by atoms with Crippen molar-refractivity contribution >= 4 is 85.4 Å². The van der Waals surface area contributed by atoms with E-state index in [2.05, 4.69) is 59.9 Å². The fourth-order valence-corrected chi connectivity index (χ4v) is 4.63. The molecule has 1 aliphatic carbocycles. The molecule has 23 heavy (non-hydrogen) atoms. The van der Waals surface area contributed by atoms with Crippen LogP contribution in [0.15, 0.2) is 51.4 Å². The molecule has 0 radical (unpaired) electrons. The maximum atomic E-state index is 12.3. The number of benzene rings is 3. The molecular formula is C18H7Br3O2. The minimum Gasteiger partial charge on any atom is -0.285 e. The second-order valence-electron chi connectivity index (χ2n) is 5.28. The molecule has 5 heteroatoms. The van der Waals surface area contributed by atoms with Gasteiger partial charge in [-0.3, -0.25) is 9.59 Å². The van der Waals surface area contributed by atoms with Gasteiger partial charge in [0.15, 0.2) is 0 Å². The van der Waals surface area contributed by atoms with Crippen LogP contribution in [0.5, 0.6) is 0 Å². The molecule has 1 aliphatic rings. The van der Waals surface area contributed by atoms with E-state index in [4.69, 9.17) is 0 Å². The summed E-state index contributed by atoms with van der Waals surface area (Å²) in [6.07, 6.45) is 0. The zero-order valence-electron chi connectivity index (χ0n) is 11.5. The summed E-state index contributed by atoms with van der Waals surface area (Å²) in [5.41, 5.74) is 1.17. The molecule has 0 bridgehead atoms. The topological polar surface area (TPSA) is 34.1 Å². The molecule has 0 saturated heterocycles. The molecule has 0 unspecified atom stereocenters. The van der Waals surface area contributed by atoms with Crippen LogP contribution in [0.3, 0.4) is 0 Å². The van der Waals surface area contributed by atoms with Crippen LogP contribution >= 0.6 is 47.8 Å². The number of carbonyl (C=O) groups is 2. The highest BCUT2D eigenvalue weighted by Crippen LogP contribution is 2.44. The fourth-order valence-electron chi connectivity index (χ4n) is 3.00. The van der Waals surface area contributed by atoms with Gasteiger partial charge in [0, 0.05) is 25.5 Å². The Morgan fingerprint density at radius 1 is 0.739 bits per heavy atom. The molecular weight excluding hydrogens is 488 g/mol. The van der Waals surface area contributed by atoms with Crippen LogP contribution in [0.4, 0.5) is 0 Å². The minimum absolute atomic E-state index is 0.266. The first-order valence-corrected chi connectivity index (χ1v) is 9.17. The Morgan fingerprint density at radius 3 is 2.26 bits per heavy atom. The maximum absolute atomic E-state index is 12.3. The number of allylic oxidation sites excluding steroid dienone is 1. The number of rotatable bonds is 0. The lowest BCUT2D eigenvalue weighted by Crippen LogP contribution is -2.20. The normalized spacial score (nSPS) is 14.7. The lowest BCUT2D eigenvalue weighted by molar-refractivity contribution is -0.111. The van der Waals surface area contributed by atoms with Gasteiger partial charge in [-0.15, -0.1) is 0 Å². The monoisotopic (exact) mass is 492 g/mol. The zero-order chi connectivity index (χ0) is 16.3. The van der Waals surface area contributed by atoms with Gasteiger partial charge >= 0.3 is 0 Å². The van der Waals surface area contributed by atoms with Crippen LogP contribution in [0.1, 0.15) is 15.9 Å². The van der Waals surface area contributed by atoms with Crippen molar-refractivity contribution in [2.75, 3.05) is 0 Å². The molecule has 3 aromatic rings. The second-order valence-corrected chi connectivity index (χ2v) is 7.72. The number of hydrogen-bond donors (Lipinski definition) is 0. The summed E-state index contributed by atoms with van der Waals surface area (Å²) in [5, 5.41) is 4.18. The second kappa shape index (κ2) is 5.36. The van der Waals surface area contributed by atoms with Crippen molar-refractivity contribution < 1.29 is 9.59 Å².